The smallest absolute Gasteiger partial charge is 0.186 e. The van der Waals surface area contributed by atoms with Gasteiger partial charge in [-0.05, 0) is 44.1 Å². The molecule has 1 fully saturated rings. The van der Waals surface area contributed by atoms with Crippen molar-refractivity contribution in [3.05, 3.63) is 60.0 Å². The molecule has 1 aromatic rings. The van der Waals surface area contributed by atoms with Crippen LogP contribution >= 0.6 is 0 Å². The Kier molecular flexibility index (Phi) is 17.5. The Morgan fingerprint density at radius 3 is 2.00 bits per heavy atom. The lowest BCUT2D eigenvalue weighted by Gasteiger charge is -2.13. The maximum absolute atomic E-state index is 10.7. The molecule has 1 aliphatic carbocycles. The van der Waals surface area contributed by atoms with Gasteiger partial charge >= 0.3 is 0 Å². The monoisotopic (exact) mass is 375 g/mol. The van der Waals surface area contributed by atoms with E-state index in [1.807, 2.05) is 32.0 Å². The first-order valence-corrected chi connectivity index (χ1v) is 10.1. The molecule has 2 unspecified atom stereocenters. The summed E-state index contributed by atoms with van der Waals surface area (Å²) in [6.45, 7) is 18.3. The number of carbonyl (C=O) groups excluding carboxylic acids is 1. The highest BCUT2D eigenvalue weighted by molar-refractivity contribution is 5.72. The van der Waals surface area contributed by atoms with E-state index >= 15 is 0 Å². The molecule has 0 aliphatic heterocycles. The van der Waals surface area contributed by atoms with Crippen LogP contribution in [-0.2, 0) is 9.53 Å². The van der Waals surface area contributed by atoms with Gasteiger partial charge in [0.1, 0.15) is 0 Å². The molecular formula is C24H41NO2. The van der Waals surface area contributed by atoms with Crippen molar-refractivity contribution in [2.45, 2.75) is 73.8 Å². The van der Waals surface area contributed by atoms with Crippen molar-refractivity contribution in [1.82, 2.24) is 0 Å². The summed E-state index contributed by atoms with van der Waals surface area (Å²) in [7, 11) is 0. The number of benzene rings is 1. The summed E-state index contributed by atoms with van der Waals surface area (Å²) in [5.74, 6) is 1.73. The van der Waals surface area contributed by atoms with Crippen LogP contribution in [0.3, 0.4) is 0 Å². The minimum Gasteiger partial charge on any atom is -0.485 e. The molecule has 1 aromatic carbocycles. The zero-order valence-electron chi connectivity index (χ0n) is 18.5. The summed E-state index contributed by atoms with van der Waals surface area (Å²) >= 11 is 0. The summed E-state index contributed by atoms with van der Waals surface area (Å²) in [6, 6.07) is 10.3. The summed E-state index contributed by atoms with van der Waals surface area (Å²) in [5.41, 5.74) is 7.19. The second-order valence-electron chi connectivity index (χ2n) is 7.19. The van der Waals surface area contributed by atoms with Gasteiger partial charge in [0.2, 0.25) is 0 Å². The number of ether oxygens (including phenoxy) is 1. The lowest BCUT2D eigenvalue weighted by atomic mass is 10.1. The molecule has 27 heavy (non-hydrogen) atoms. The molecule has 2 atom stereocenters. The Labute approximate surface area is 167 Å². The highest BCUT2D eigenvalue weighted by Crippen LogP contribution is 2.28. The lowest BCUT2D eigenvalue weighted by Crippen LogP contribution is -2.12. The van der Waals surface area contributed by atoms with Crippen LogP contribution in [0.15, 0.2) is 54.4 Å². The third-order valence-corrected chi connectivity index (χ3v) is 3.49. The van der Waals surface area contributed by atoms with Crippen molar-refractivity contribution in [2.75, 3.05) is 0 Å². The molecule has 0 amide bonds. The van der Waals surface area contributed by atoms with E-state index in [9.17, 15) is 4.79 Å². The number of allylic oxidation sites excluding steroid dienone is 2. The van der Waals surface area contributed by atoms with Gasteiger partial charge in [0.05, 0.1) is 11.8 Å². The SMILES string of the molecule is C=C/C(N)=C(\C=O)OC1CCC(C)C1.CC.CC(C)C.Cc1ccccc1. The zero-order valence-corrected chi connectivity index (χ0v) is 18.5. The molecule has 1 saturated carbocycles. The van der Waals surface area contributed by atoms with Crippen molar-refractivity contribution in [1.29, 1.82) is 0 Å². The van der Waals surface area contributed by atoms with E-state index in [-0.39, 0.29) is 11.9 Å². The van der Waals surface area contributed by atoms with Crippen LogP contribution in [0.4, 0.5) is 0 Å². The first kappa shape index (κ1) is 27.2. The largest absolute Gasteiger partial charge is 0.485 e. The fourth-order valence-electron chi connectivity index (χ4n) is 2.24. The van der Waals surface area contributed by atoms with Crippen molar-refractivity contribution < 1.29 is 9.53 Å². The van der Waals surface area contributed by atoms with Crippen LogP contribution in [-0.4, -0.2) is 12.4 Å². The second kappa shape index (κ2) is 17.4. The van der Waals surface area contributed by atoms with Crippen molar-refractivity contribution in [3.63, 3.8) is 0 Å². The topological polar surface area (TPSA) is 52.3 Å². The standard InChI is InChI=1S/C11H17NO2.C7H8.C4H10.C2H6/c1-3-10(12)11(7-13)14-9-5-4-8(2)6-9;1-7-5-3-2-4-6-7;1-4(2)3;1-2/h3,7-9H,1,4-6,12H2,2H3;2-6H,1H3;4H,1-3H3;1-2H3/b11-10-;;;. The van der Waals surface area contributed by atoms with E-state index in [4.69, 9.17) is 10.5 Å². The quantitative estimate of drug-likeness (QED) is 0.285. The van der Waals surface area contributed by atoms with Gasteiger partial charge in [-0.15, -0.1) is 0 Å². The molecule has 0 heterocycles. The average molecular weight is 376 g/mol. The minimum atomic E-state index is 0.142. The van der Waals surface area contributed by atoms with Crippen LogP contribution in [0.25, 0.3) is 0 Å². The number of rotatable bonds is 4. The molecule has 2 rings (SSSR count). The molecule has 3 heteroatoms. The normalized spacial score (nSPS) is 18.4. The highest BCUT2D eigenvalue weighted by Gasteiger charge is 2.23. The van der Waals surface area contributed by atoms with Gasteiger partial charge in [-0.2, -0.15) is 0 Å². The Morgan fingerprint density at radius 1 is 1.19 bits per heavy atom. The number of carbonyl (C=O) groups is 1. The van der Waals surface area contributed by atoms with Crippen LogP contribution in [0.5, 0.6) is 0 Å². The van der Waals surface area contributed by atoms with Crippen LogP contribution < -0.4 is 5.73 Å². The van der Waals surface area contributed by atoms with E-state index in [2.05, 4.69) is 53.3 Å². The number of nitrogens with two attached hydrogens (primary N) is 1. The van der Waals surface area contributed by atoms with E-state index in [0.29, 0.717) is 17.9 Å². The molecule has 2 N–H and O–H groups in total. The number of hydrogen-bond donors (Lipinski definition) is 1. The molecule has 0 spiro atoms. The highest BCUT2D eigenvalue weighted by atomic mass is 16.5. The summed E-state index contributed by atoms with van der Waals surface area (Å²) in [6.07, 6.45) is 5.39. The van der Waals surface area contributed by atoms with Crippen molar-refractivity contribution >= 4 is 6.29 Å². The predicted octanol–water partition coefficient (Wildman–Crippen LogP) is 6.43. The first-order valence-electron chi connectivity index (χ1n) is 10.1. The van der Waals surface area contributed by atoms with E-state index in [0.717, 1.165) is 25.2 Å². The minimum absolute atomic E-state index is 0.142. The third kappa shape index (κ3) is 15.9. The molecule has 0 aromatic heterocycles. The van der Waals surface area contributed by atoms with Gasteiger partial charge in [-0.3, -0.25) is 4.79 Å². The Morgan fingerprint density at radius 2 is 1.70 bits per heavy atom. The third-order valence-electron chi connectivity index (χ3n) is 3.49. The number of aldehydes is 1. The molecule has 3 nitrogen and oxygen atoms in total. The van der Waals surface area contributed by atoms with Crippen LogP contribution in [0.1, 0.15) is 66.4 Å². The van der Waals surface area contributed by atoms with Gasteiger partial charge in [0, 0.05) is 0 Å². The maximum Gasteiger partial charge on any atom is 0.186 e. The summed E-state index contributed by atoms with van der Waals surface area (Å²) in [4.78, 5) is 10.7. The van der Waals surface area contributed by atoms with Gasteiger partial charge in [-0.1, -0.05) is 84.0 Å². The molecular weight excluding hydrogens is 334 g/mol. The Balaban J connectivity index is 0. The zero-order chi connectivity index (χ0) is 21.2. The summed E-state index contributed by atoms with van der Waals surface area (Å²) < 4.78 is 5.50. The molecule has 0 radical (unpaired) electrons. The fraction of sp³-hybridized carbons (Fsp3) is 0.542. The van der Waals surface area contributed by atoms with Gasteiger partial charge in [0.25, 0.3) is 0 Å². The molecule has 1 aliphatic rings. The number of hydrogen-bond acceptors (Lipinski definition) is 3. The Hall–Kier alpha value is -2.03. The maximum atomic E-state index is 10.7. The second-order valence-corrected chi connectivity index (χ2v) is 7.19. The van der Waals surface area contributed by atoms with Crippen molar-refractivity contribution in [3.8, 4) is 0 Å². The molecule has 0 saturated heterocycles. The first-order chi connectivity index (χ1) is 12.8. The van der Waals surface area contributed by atoms with Crippen molar-refractivity contribution in [2.24, 2.45) is 17.6 Å². The van der Waals surface area contributed by atoms with Gasteiger partial charge in [-0.25, -0.2) is 0 Å². The lowest BCUT2D eigenvalue weighted by molar-refractivity contribution is -0.108. The van der Waals surface area contributed by atoms with Crippen LogP contribution in [0.2, 0.25) is 0 Å². The predicted molar refractivity (Wildman–Crippen MR) is 118 cm³/mol. The fourth-order valence-corrected chi connectivity index (χ4v) is 2.24. The molecule has 154 valence electrons. The number of aryl methyl sites for hydroxylation is 1. The van der Waals surface area contributed by atoms with Gasteiger partial charge in [0.15, 0.2) is 12.0 Å². The molecule has 0 bridgehead atoms. The van der Waals surface area contributed by atoms with Gasteiger partial charge < -0.3 is 10.5 Å². The average Bonchev–Trinajstić information content (AvgIpc) is 3.06. The van der Waals surface area contributed by atoms with E-state index in [1.54, 1.807) is 0 Å². The van der Waals surface area contributed by atoms with E-state index in [1.165, 1.54) is 11.6 Å². The summed E-state index contributed by atoms with van der Waals surface area (Å²) in [5, 5.41) is 0. The van der Waals surface area contributed by atoms with E-state index < -0.39 is 0 Å². The Bertz CT molecular complexity index is 518. The van der Waals surface area contributed by atoms with Crippen LogP contribution in [0, 0.1) is 18.8 Å².